The fourth-order valence-corrected chi connectivity index (χ4v) is 2.39. The van der Waals surface area contributed by atoms with E-state index in [0.717, 1.165) is 0 Å². The number of urea groups is 1. The van der Waals surface area contributed by atoms with E-state index >= 15 is 0 Å². The highest BCUT2D eigenvalue weighted by atomic mass is 16.5. The standard InChI is InChI=1S/C13H17N5O3/c1-13(2)6-21-7-17(13)12(20)18-10-4-3-8(11(14)19)5-9(10)15-16-18/h3-5,15-16H,6-7H2,1-2H3,(H2,14,19). The zero-order valence-corrected chi connectivity index (χ0v) is 11.8. The first-order valence-corrected chi connectivity index (χ1v) is 6.55. The van der Waals surface area contributed by atoms with Crippen LogP contribution in [0.4, 0.5) is 16.2 Å². The van der Waals surface area contributed by atoms with Crippen molar-refractivity contribution in [3.63, 3.8) is 0 Å². The first kappa shape index (κ1) is 13.7. The topological polar surface area (TPSA) is 99.9 Å². The first-order valence-electron chi connectivity index (χ1n) is 6.55. The average Bonchev–Trinajstić information content (AvgIpc) is 3.00. The molecule has 0 bridgehead atoms. The molecule has 2 heterocycles. The summed E-state index contributed by atoms with van der Waals surface area (Å²) in [5.41, 5.74) is 12.2. The van der Waals surface area contributed by atoms with Crippen LogP contribution in [-0.4, -0.2) is 35.7 Å². The Morgan fingerprint density at radius 2 is 2.14 bits per heavy atom. The van der Waals surface area contributed by atoms with Gasteiger partial charge in [-0.15, -0.1) is 5.53 Å². The van der Waals surface area contributed by atoms with E-state index in [4.69, 9.17) is 10.5 Å². The molecule has 112 valence electrons. The molecule has 8 nitrogen and oxygen atoms in total. The number of hydrogen-bond acceptors (Lipinski definition) is 5. The highest BCUT2D eigenvalue weighted by molar-refractivity contribution is 6.00. The van der Waals surface area contributed by atoms with Gasteiger partial charge in [-0.3, -0.25) is 9.69 Å². The van der Waals surface area contributed by atoms with Crippen LogP contribution in [-0.2, 0) is 4.74 Å². The fraction of sp³-hybridized carbons (Fsp3) is 0.385. The minimum Gasteiger partial charge on any atom is -0.366 e. The normalized spacial score (nSPS) is 19.3. The van der Waals surface area contributed by atoms with Gasteiger partial charge in [-0.1, -0.05) is 0 Å². The Morgan fingerprint density at radius 3 is 2.76 bits per heavy atom. The number of rotatable bonds is 1. The lowest BCUT2D eigenvalue weighted by molar-refractivity contribution is 0.100. The number of anilines is 2. The Hall–Kier alpha value is -2.32. The van der Waals surface area contributed by atoms with Crippen molar-refractivity contribution >= 4 is 23.3 Å². The van der Waals surface area contributed by atoms with E-state index < -0.39 is 5.91 Å². The fourth-order valence-electron chi connectivity index (χ4n) is 2.39. The smallest absolute Gasteiger partial charge is 0.342 e. The van der Waals surface area contributed by atoms with Crippen molar-refractivity contribution in [2.75, 3.05) is 23.8 Å². The van der Waals surface area contributed by atoms with Crippen molar-refractivity contribution in [2.45, 2.75) is 19.4 Å². The van der Waals surface area contributed by atoms with Crippen LogP contribution < -0.4 is 21.7 Å². The summed E-state index contributed by atoms with van der Waals surface area (Å²) >= 11 is 0. The quantitative estimate of drug-likeness (QED) is 0.704. The van der Waals surface area contributed by atoms with E-state index in [-0.39, 0.29) is 18.3 Å². The lowest BCUT2D eigenvalue weighted by Gasteiger charge is -2.32. The third-order valence-electron chi connectivity index (χ3n) is 3.65. The molecule has 8 heteroatoms. The largest absolute Gasteiger partial charge is 0.366 e. The van der Waals surface area contributed by atoms with Crippen molar-refractivity contribution in [1.82, 2.24) is 10.4 Å². The van der Waals surface area contributed by atoms with Crippen LogP contribution in [0.2, 0.25) is 0 Å². The van der Waals surface area contributed by atoms with Crippen LogP contribution >= 0.6 is 0 Å². The summed E-state index contributed by atoms with van der Waals surface area (Å²) in [6.45, 7) is 4.63. The summed E-state index contributed by atoms with van der Waals surface area (Å²) in [4.78, 5) is 25.4. The number of carbonyl (C=O) groups excluding carboxylic acids is 2. The SMILES string of the molecule is CC1(C)COCN1C(=O)N1NNc2cc(C(N)=O)ccc21. The Kier molecular flexibility index (Phi) is 2.99. The number of nitrogens with one attached hydrogen (secondary N) is 2. The molecule has 0 saturated carbocycles. The van der Waals surface area contributed by atoms with E-state index in [0.29, 0.717) is 23.5 Å². The molecule has 0 spiro atoms. The van der Waals surface area contributed by atoms with Crippen molar-refractivity contribution in [2.24, 2.45) is 5.73 Å². The van der Waals surface area contributed by atoms with Crippen LogP contribution in [0.5, 0.6) is 0 Å². The summed E-state index contributed by atoms with van der Waals surface area (Å²) in [6.07, 6.45) is 0. The second kappa shape index (κ2) is 4.61. The summed E-state index contributed by atoms with van der Waals surface area (Å²) in [5.74, 6) is -0.515. The molecular weight excluding hydrogens is 274 g/mol. The summed E-state index contributed by atoms with van der Waals surface area (Å²) in [6, 6.07) is 4.63. The van der Waals surface area contributed by atoms with Gasteiger partial charge in [-0.25, -0.2) is 9.80 Å². The van der Waals surface area contributed by atoms with Crippen molar-refractivity contribution < 1.29 is 14.3 Å². The number of nitrogens with two attached hydrogens (primary N) is 1. The van der Waals surface area contributed by atoms with Crippen LogP contribution in [0, 0.1) is 0 Å². The molecule has 1 fully saturated rings. The molecule has 21 heavy (non-hydrogen) atoms. The van der Waals surface area contributed by atoms with Crippen LogP contribution in [0.15, 0.2) is 18.2 Å². The van der Waals surface area contributed by atoms with Gasteiger partial charge in [0.05, 0.1) is 23.5 Å². The number of primary amides is 1. The number of benzene rings is 1. The highest BCUT2D eigenvalue weighted by Crippen LogP contribution is 2.32. The third-order valence-corrected chi connectivity index (χ3v) is 3.65. The van der Waals surface area contributed by atoms with Gasteiger partial charge in [0.2, 0.25) is 5.91 Å². The summed E-state index contributed by atoms with van der Waals surface area (Å²) in [5, 5.41) is 1.39. The molecule has 0 radical (unpaired) electrons. The van der Waals surface area contributed by atoms with E-state index in [9.17, 15) is 9.59 Å². The number of hydrogen-bond donors (Lipinski definition) is 3. The van der Waals surface area contributed by atoms with Gasteiger partial charge in [0, 0.05) is 5.56 Å². The van der Waals surface area contributed by atoms with Crippen molar-refractivity contribution in [1.29, 1.82) is 0 Å². The molecule has 2 aliphatic heterocycles. The Labute approximate surface area is 121 Å². The molecule has 4 N–H and O–H groups in total. The van der Waals surface area contributed by atoms with Gasteiger partial charge >= 0.3 is 6.03 Å². The van der Waals surface area contributed by atoms with E-state index in [1.807, 2.05) is 13.8 Å². The molecule has 2 aliphatic rings. The van der Waals surface area contributed by atoms with E-state index in [1.54, 1.807) is 23.1 Å². The highest BCUT2D eigenvalue weighted by Gasteiger charge is 2.40. The lowest BCUT2D eigenvalue weighted by atomic mass is 10.1. The molecule has 0 aliphatic carbocycles. The maximum absolute atomic E-state index is 12.6. The van der Waals surface area contributed by atoms with Gasteiger partial charge < -0.3 is 15.9 Å². The molecule has 1 aromatic rings. The van der Waals surface area contributed by atoms with Crippen molar-refractivity contribution in [3.05, 3.63) is 23.8 Å². The van der Waals surface area contributed by atoms with E-state index in [1.165, 1.54) is 5.01 Å². The van der Waals surface area contributed by atoms with Gasteiger partial charge in [-0.05, 0) is 32.0 Å². The number of amides is 3. The molecule has 3 amide bonds. The molecule has 0 atom stereocenters. The minimum absolute atomic E-state index is 0.226. The van der Waals surface area contributed by atoms with Crippen LogP contribution in [0.3, 0.4) is 0 Å². The predicted molar refractivity (Wildman–Crippen MR) is 76.3 cm³/mol. The molecule has 3 rings (SSSR count). The number of nitrogens with zero attached hydrogens (tertiary/aromatic N) is 2. The van der Waals surface area contributed by atoms with Crippen LogP contribution in [0.1, 0.15) is 24.2 Å². The summed E-state index contributed by atoms with van der Waals surface area (Å²) < 4.78 is 5.36. The van der Waals surface area contributed by atoms with Crippen LogP contribution in [0.25, 0.3) is 0 Å². The van der Waals surface area contributed by atoms with Gasteiger partial charge in [0.25, 0.3) is 0 Å². The Balaban J connectivity index is 1.87. The molecule has 0 aromatic heterocycles. The monoisotopic (exact) mass is 291 g/mol. The average molecular weight is 291 g/mol. The number of ether oxygens (including phenoxy) is 1. The van der Waals surface area contributed by atoms with Crippen molar-refractivity contribution in [3.8, 4) is 0 Å². The molecule has 0 unspecified atom stereocenters. The zero-order valence-electron chi connectivity index (χ0n) is 11.8. The Bertz CT molecular complexity index is 616. The number of hydrazine groups is 2. The molecular formula is C13H17N5O3. The number of carbonyl (C=O) groups is 2. The third kappa shape index (κ3) is 2.18. The second-order valence-corrected chi connectivity index (χ2v) is 5.67. The summed E-state index contributed by atoms with van der Waals surface area (Å²) in [7, 11) is 0. The van der Waals surface area contributed by atoms with Gasteiger partial charge in [-0.2, -0.15) is 0 Å². The van der Waals surface area contributed by atoms with E-state index in [2.05, 4.69) is 11.0 Å². The lowest BCUT2D eigenvalue weighted by Crippen LogP contribution is -2.54. The Morgan fingerprint density at radius 1 is 1.38 bits per heavy atom. The zero-order chi connectivity index (χ0) is 15.2. The minimum atomic E-state index is -0.515. The first-order chi connectivity index (χ1) is 9.90. The second-order valence-electron chi connectivity index (χ2n) is 5.67. The van der Waals surface area contributed by atoms with Gasteiger partial charge in [0.15, 0.2) is 0 Å². The maximum atomic E-state index is 12.6. The molecule has 1 saturated heterocycles. The number of fused-ring (bicyclic) bond motifs is 1. The predicted octanol–water partition coefficient (Wildman–Crippen LogP) is 0.625. The molecule has 1 aromatic carbocycles. The maximum Gasteiger partial charge on any atom is 0.342 e. The van der Waals surface area contributed by atoms with Gasteiger partial charge in [0.1, 0.15) is 6.73 Å².